The van der Waals surface area contributed by atoms with E-state index in [1.165, 1.54) is 0 Å². The molecule has 120 valence electrons. The summed E-state index contributed by atoms with van der Waals surface area (Å²) in [6, 6.07) is -0.170. The van der Waals surface area contributed by atoms with Crippen LogP contribution in [0.15, 0.2) is 0 Å². The number of amides is 2. The third-order valence-corrected chi connectivity index (χ3v) is 4.81. The van der Waals surface area contributed by atoms with E-state index in [2.05, 4.69) is 5.32 Å². The van der Waals surface area contributed by atoms with Crippen LogP contribution in [0.5, 0.6) is 0 Å². The Labute approximate surface area is 125 Å². The third-order valence-electron chi connectivity index (χ3n) is 4.81. The Balaban J connectivity index is 1.88. The summed E-state index contributed by atoms with van der Waals surface area (Å²) in [4.78, 5) is 25.1. The van der Waals surface area contributed by atoms with Gasteiger partial charge in [-0.25, -0.2) is 4.79 Å². The number of carboxylic acids is 1. The Morgan fingerprint density at radius 1 is 1.33 bits per heavy atom. The van der Waals surface area contributed by atoms with Crippen molar-refractivity contribution < 1.29 is 19.4 Å². The number of likely N-dealkylation sites (tertiary alicyclic amines) is 1. The number of nitrogens with zero attached hydrogens (tertiary/aromatic N) is 1. The van der Waals surface area contributed by atoms with Gasteiger partial charge in [-0.05, 0) is 25.2 Å². The van der Waals surface area contributed by atoms with E-state index in [4.69, 9.17) is 9.84 Å². The second kappa shape index (κ2) is 6.64. The molecule has 0 spiro atoms. The minimum atomic E-state index is -0.816. The number of hydrogen-bond donors (Lipinski definition) is 2. The van der Waals surface area contributed by atoms with Gasteiger partial charge in [0.05, 0.1) is 11.5 Å². The van der Waals surface area contributed by atoms with E-state index < -0.39 is 11.9 Å². The van der Waals surface area contributed by atoms with E-state index in [0.717, 1.165) is 25.7 Å². The number of ether oxygens (including phenoxy) is 1. The van der Waals surface area contributed by atoms with Crippen molar-refractivity contribution in [1.82, 2.24) is 10.2 Å². The van der Waals surface area contributed by atoms with Crippen LogP contribution in [0.4, 0.5) is 4.79 Å². The molecule has 1 saturated heterocycles. The molecular weight excluding hydrogens is 272 g/mol. The second-order valence-corrected chi connectivity index (χ2v) is 6.53. The first-order chi connectivity index (χ1) is 9.96. The maximum Gasteiger partial charge on any atom is 0.317 e. The number of carbonyl (C=O) groups is 2. The fourth-order valence-corrected chi connectivity index (χ4v) is 3.52. The van der Waals surface area contributed by atoms with Crippen molar-refractivity contribution >= 4 is 12.0 Å². The van der Waals surface area contributed by atoms with Crippen molar-refractivity contribution in [3.05, 3.63) is 0 Å². The number of piperidine rings is 1. The van der Waals surface area contributed by atoms with Crippen molar-refractivity contribution in [3.8, 4) is 0 Å². The third kappa shape index (κ3) is 3.87. The van der Waals surface area contributed by atoms with Gasteiger partial charge in [0.15, 0.2) is 0 Å². The molecule has 2 atom stereocenters. The molecule has 6 heteroatoms. The number of nitrogens with one attached hydrogen (secondary N) is 1. The average molecular weight is 298 g/mol. The van der Waals surface area contributed by atoms with Crippen LogP contribution < -0.4 is 5.32 Å². The quantitative estimate of drug-likeness (QED) is 0.828. The molecule has 6 nitrogen and oxygen atoms in total. The highest BCUT2D eigenvalue weighted by molar-refractivity contribution is 5.76. The molecule has 2 fully saturated rings. The maximum atomic E-state index is 12.3. The minimum Gasteiger partial charge on any atom is -0.481 e. The van der Waals surface area contributed by atoms with E-state index >= 15 is 0 Å². The van der Waals surface area contributed by atoms with Gasteiger partial charge in [-0.1, -0.05) is 19.8 Å². The number of urea groups is 1. The summed E-state index contributed by atoms with van der Waals surface area (Å²) in [6.45, 7) is 3.41. The van der Waals surface area contributed by atoms with Crippen LogP contribution in [0.2, 0.25) is 0 Å². The predicted molar refractivity (Wildman–Crippen MR) is 78.1 cm³/mol. The van der Waals surface area contributed by atoms with Crippen molar-refractivity contribution in [1.29, 1.82) is 0 Å². The fourth-order valence-electron chi connectivity index (χ4n) is 3.52. The van der Waals surface area contributed by atoms with Crippen LogP contribution >= 0.6 is 0 Å². The molecular formula is C15H26N2O4. The van der Waals surface area contributed by atoms with E-state index in [1.54, 1.807) is 12.0 Å². The number of carboxylic acid groups (broad SMARTS) is 1. The first kappa shape index (κ1) is 16.1. The number of hydrogen-bond acceptors (Lipinski definition) is 3. The van der Waals surface area contributed by atoms with Gasteiger partial charge in [0.1, 0.15) is 0 Å². The number of rotatable bonds is 4. The van der Waals surface area contributed by atoms with Gasteiger partial charge in [-0.2, -0.15) is 0 Å². The first-order valence-corrected chi connectivity index (χ1v) is 7.76. The first-order valence-electron chi connectivity index (χ1n) is 7.76. The standard InChI is InChI=1S/C15H26N2O4/c1-11-7-12(13(18)19)9-17(8-11)14(20)16-10-15(21-2)5-3-4-6-15/h11-12H,3-10H2,1-2H3,(H,16,20)(H,18,19). The zero-order valence-electron chi connectivity index (χ0n) is 12.9. The van der Waals surface area contributed by atoms with Crippen molar-refractivity contribution in [2.24, 2.45) is 11.8 Å². The van der Waals surface area contributed by atoms with Crippen LogP contribution in [0, 0.1) is 11.8 Å². The fraction of sp³-hybridized carbons (Fsp3) is 0.867. The Hall–Kier alpha value is -1.30. The van der Waals surface area contributed by atoms with Crippen LogP contribution in [-0.2, 0) is 9.53 Å². The summed E-state index contributed by atoms with van der Waals surface area (Å²) < 4.78 is 5.59. The highest BCUT2D eigenvalue weighted by atomic mass is 16.5. The average Bonchev–Trinajstić information content (AvgIpc) is 2.93. The summed E-state index contributed by atoms with van der Waals surface area (Å²) in [7, 11) is 1.70. The van der Waals surface area contributed by atoms with Crippen molar-refractivity contribution in [2.45, 2.75) is 44.6 Å². The molecule has 21 heavy (non-hydrogen) atoms. The topological polar surface area (TPSA) is 78.9 Å². The zero-order chi connectivity index (χ0) is 15.5. The van der Waals surface area contributed by atoms with E-state index in [-0.39, 0.29) is 17.6 Å². The summed E-state index contributed by atoms with van der Waals surface area (Å²) in [5, 5.41) is 12.1. The Kier molecular flexibility index (Phi) is 5.08. The zero-order valence-corrected chi connectivity index (χ0v) is 12.9. The van der Waals surface area contributed by atoms with Crippen LogP contribution in [-0.4, -0.2) is 54.4 Å². The number of carbonyl (C=O) groups excluding carboxylic acids is 1. The molecule has 2 amide bonds. The molecule has 1 aliphatic heterocycles. The smallest absolute Gasteiger partial charge is 0.317 e. The molecule has 1 heterocycles. The largest absolute Gasteiger partial charge is 0.481 e. The van der Waals surface area contributed by atoms with E-state index in [9.17, 15) is 9.59 Å². The van der Waals surface area contributed by atoms with Gasteiger partial charge in [0, 0.05) is 26.7 Å². The molecule has 2 rings (SSSR count). The summed E-state index contributed by atoms with van der Waals surface area (Å²) in [5.41, 5.74) is -0.233. The van der Waals surface area contributed by atoms with Crippen LogP contribution in [0.25, 0.3) is 0 Å². The van der Waals surface area contributed by atoms with E-state index in [1.807, 2.05) is 6.92 Å². The lowest BCUT2D eigenvalue weighted by Gasteiger charge is -2.36. The molecule has 0 aromatic heterocycles. The highest BCUT2D eigenvalue weighted by Crippen LogP contribution is 2.32. The molecule has 2 unspecified atom stereocenters. The summed E-state index contributed by atoms with van der Waals surface area (Å²) in [6.07, 6.45) is 4.84. The van der Waals surface area contributed by atoms with E-state index in [0.29, 0.717) is 26.1 Å². The molecule has 1 aliphatic carbocycles. The van der Waals surface area contributed by atoms with Gasteiger partial charge >= 0.3 is 12.0 Å². The Bertz CT molecular complexity index is 393. The number of methoxy groups -OCH3 is 1. The second-order valence-electron chi connectivity index (χ2n) is 6.53. The highest BCUT2D eigenvalue weighted by Gasteiger charge is 2.36. The maximum absolute atomic E-state index is 12.3. The molecule has 0 bridgehead atoms. The summed E-state index contributed by atoms with van der Waals surface area (Å²) in [5.74, 6) is -1.06. The monoisotopic (exact) mass is 298 g/mol. The molecule has 1 saturated carbocycles. The Morgan fingerprint density at radius 2 is 2.00 bits per heavy atom. The normalized spacial score (nSPS) is 28.4. The van der Waals surface area contributed by atoms with Gasteiger partial charge in [-0.15, -0.1) is 0 Å². The molecule has 2 aliphatic rings. The van der Waals surface area contributed by atoms with Gasteiger partial charge < -0.3 is 20.1 Å². The van der Waals surface area contributed by atoms with Gasteiger partial charge in [0.25, 0.3) is 0 Å². The predicted octanol–water partition coefficient (Wildman–Crippen LogP) is 1.70. The minimum absolute atomic E-state index is 0.170. The van der Waals surface area contributed by atoms with Crippen LogP contribution in [0.1, 0.15) is 39.0 Å². The molecule has 0 aromatic carbocycles. The summed E-state index contributed by atoms with van der Waals surface area (Å²) >= 11 is 0. The molecule has 2 N–H and O–H groups in total. The molecule has 0 aromatic rings. The lowest BCUT2D eigenvalue weighted by Crippen LogP contribution is -2.52. The lowest BCUT2D eigenvalue weighted by atomic mass is 9.91. The van der Waals surface area contributed by atoms with Gasteiger partial charge in [-0.3, -0.25) is 4.79 Å². The van der Waals surface area contributed by atoms with Crippen molar-refractivity contribution in [3.63, 3.8) is 0 Å². The SMILES string of the molecule is COC1(CNC(=O)N2CC(C)CC(C(=O)O)C2)CCCC1. The Morgan fingerprint density at radius 3 is 2.57 bits per heavy atom. The van der Waals surface area contributed by atoms with Crippen molar-refractivity contribution in [2.75, 3.05) is 26.7 Å². The van der Waals surface area contributed by atoms with Gasteiger partial charge in [0.2, 0.25) is 0 Å². The lowest BCUT2D eigenvalue weighted by molar-refractivity contribution is -0.143. The van der Waals surface area contributed by atoms with Crippen LogP contribution in [0.3, 0.4) is 0 Å². The molecule has 0 radical (unpaired) electrons. The number of aliphatic carboxylic acids is 1.